The maximum atomic E-state index is 13.0. The van der Waals surface area contributed by atoms with Gasteiger partial charge in [0, 0.05) is 6.54 Å². The van der Waals surface area contributed by atoms with Gasteiger partial charge in [0.2, 0.25) is 0 Å². The van der Waals surface area contributed by atoms with Crippen LogP contribution in [0.4, 0.5) is 4.79 Å². The van der Waals surface area contributed by atoms with Crippen LogP contribution in [0.5, 0.6) is 0 Å². The molecule has 1 unspecified atom stereocenters. The van der Waals surface area contributed by atoms with E-state index in [9.17, 15) is 9.59 Å². The number of rotatable bonds is 5. The molecule has 28 heavy (non-hydrogen) atoms. The van der Waals surface area contributed by atoms with Gasteiger partial charge < -0.3 is 5.32 Å². The second kappa shape index (κ2) is 7.07. The van der Waals surface area contributed by atoms with Crippen molar-refractivity contribution in [2.24, 2.45) is 0 Å². The van der Waals surface area contributed by atoms with E-state index in [0.29, 0.717) is 11.3 Å². The summed E-state index contributed by atoms with van der Waals surface area (Å²) >= 11 is 0. The van der Waals surface area contributed by atoms with Gasteiger partial charge in [0.25, 0.3) is 5.91 Å². The highest BCUT2D eigenvalue weighted by molar-refractivity contribution is 6.07. The molecule has 4 rings (SSSR count). The zero-order chi connectivity index (χ0) is 19.6. The van der Waals surface area contributed by atoms with Crippen molar-refractivity contribution in [2.45, 2.75) is 12.5 Å². The highest BCUT2D eigenvalue weighted by Crippen LogP contribution is 2.29. The molecule has 1 fully saturated rings. The zero-order valence-corrected chi connectivity index (χ0v) is 15.2. The van der Waals surface area contributed by atoms with Gasteiger partial charge in [-0.1, -0.05) is 54.6 Å². The lowest BCUT2D eigenvalue weighted by atomic mass is 9.91. The Morgan fingerprint density at radius 2 is 1.93 bits per heavy atom. The Hall–Kier alpha value is -3.81. The third-order valence-electron chi connectivity index (χ3n) is 4.71. The number of hydrogen-bond donors (Lipinski definition) is 1. The predicted octanol–water partition coefficient (Wildman–Crippen LogP) is 2.14. The Morgan fingerprint density at radius 1 is 1.11 bits per heavy atom. The van der Waals surface area contributed by atoms with E-state index in [2.05, 4.69) is 20.8 Å². The maximum Gasteiger partial charge on any atom is 0.325 e. The molecular weight excluding hydrogens is 356 g/mol. The first kappa shape index (κ1) is 17.6. The number of carbonyl (C=O) groups excluding carboxylic acids is 2. The number of aromatic nitrogens is 4. The van der Waals surface area contributed by atoms with Gasteiger partial charge in [-0.3, -0.25) is 9.69 Å². The molecule has 8 heteroatoms. The largest absolute Gasteiger partial charge is 0.325 e. The van der Waals surface area contributed by atoms with Crippen molar-refractivity contribution in [3.8, 4) is 5.69 Å². The Bertz CT molecular complexity index is 1030. The van der Waals surface area contributed by atoms with E-state index in [0.717, 1.165) is 5.56 Å². The molecule has 1 saturated heterocycles. The molecule has 3 amide bonds. The van der Waals surface area contributed by atoms with Gasteiger partial charge in [-0.05, 0) is 40.6 Å². The summed E-state index contributed by atoms with van der Waals surface area (Å²) in [7, 11) is 0. The van der Waals surface area contributed by atoms with E-state index in [4.69, 9.17) is 0 Å². The molecule has 0 spiro atoms. The number of urea groups is 1. The van der Waals surface area contributed by atoms with E-state index < -0.39 is 11.6 Å². The normalized spacial score (nSPS) is 19.4. The highest BCUT2D eigenvalue weighted by atomic mass is 16.2. The summed E-state index contributed by atoms with van der Waals surface area (Å²) in [6.45, 7) is 1.90. The van der Waals surface area contributed by atoms with Crippen LogP contribution >= 0.6 is 0 Å². The van der Waals surface area contributed by atoms with Crippen LogP contribution in [-0.2, 0) is 10.3 Å². The van der Waals surface area contributed by atoms with Gasteiger partial charge in [-0.2, -0.15) is 0 Å². The molecule has 0 aliphatic carbocycles. The lowest BCUT2D eigenvalue weighted by molar-refractivity contribution is -0.130. The molecule has 1 atom stereocenters. The Morgan fingerprint density at radius 3 is 2.68 bits per heavy atom. The molecule has 1 aliphatic rings. The van der Waals surface area contributed by atoms with Crippen molar-refractivity contribution >= 4 is 18.0 Å². The minimum absolute atomic E-state index is 0.196. The molecule has 0 saturated carbocycles. The van der Waals surface area contributed by atoms with Crippen LogP contribution in [0.1, 0.15) is 18.1 Å². The van der Waals surface area contributed by atoms with Gasteiger partial charge in [0.1, 0.15) is 11.9 Å². The van der Waals surface area contributed by atoms with Crippen LogP contribution in [-0.4, -0.2) is 43.6 Å². The smallest absolute Gasteiger partial charge is 0.319 e. The Balaban J connectivity index is 1.56. The van der Waals surface area contributed by atoms with E-state index in [1.165, 1.54) is 15.9 Å². The number of imide groups is 1. The number of nitrogens with zero attached hydrogens (tertiary/aromatic N) is 5. The molecule has 2 heterocycles. The topological polar surface area (TPSA) is 93.0 Å². The van der Waals surface area contributed by atoms with Crippen molar-refractivity contribution in [2.75, 3.05) is 6.54 Å². The van der Waals surface area contributed by atoms with Crippen molar-refractivity contribution < 1.29 is 9.59 Å². The number of carbonyl (C=O) groups is 2. The summed E-state index contributed by atoms with van der Waals surface area (Å²) in [5.41, 5.74) is 1.22. The number of tetrazole rings is 1. The van der Waals surface area contributed by atoms with Gasteiger partial charge in [0.05, 0.1) is 5.69 Å². The fraction of sp³-hybridized carbons (Fsp3) is 0.150. The molecule has 8 nitrogen and oxygen atoms in total. The summed E-state index contributed by atoms with van der Waals surface area (Å²) in [6, 6.07) is 16.5. The third kappa shape index (κ3) is 3.16. The molecule has 1 N–H and O–H groups in total. The van der Waals surface area contributed by atoms with Crippen LogP contribution < -0.4 is 5.32 Å². The second-order valence-electron chi connectivity index (χ2n) is 6.59. The van der Waals surface area contributed by atoms with Gasteiger partial charge in [-0.25, -0.2) is 9.48 Å². The van der Waals surface area contributed by atoms with E-state index in [-0.39, 0.29) is 12.5 Å². The highest BCUT2D eigenvalue weighted by Gasteiger charge is 2.48. The molecule has 0 radical (unpaired) electrons. The predicted molar refractivity (Wildman–Crippen MR) is 102 cm³/mol. The van der Waals surface area contributed by atoms with Gasteiger partial charge in [-0.15, -0.1) is 5.10 Å². The lowest BCUT2D eigenvalue weighted by Gasteiger charge is -2.22. The molecule has 0 bridgehead atoms. The standard InChI is InChI=1S/C20H18N6O2/c1-20(16-10-5-11-17(13-16)26-14-21-23-24-26)18(27)25(19(28)22-20)12-6-9-15-7-3-2-4-8-15/h2-11,13-14H,12H2,1H3,(H,22,28)/b9-6+. The van der Waals surface area contributed by atoms with Gasteiger partial charge in [0.15, 0.2) is 0 Å². The number of amides is 3. The lowest BCUT2D eigenvalue weighted by Crippen LogP contribution is -2.41. The fourth-order valence-electron chi connectivity index (χ4n) is 3.16. The van der Waals surface area contributed by atoms with Crippen molar-refractivity contribution in [1.29, 1.82) is 0 Å². The Kier molecular flexibility index (Phi) is 4.44. The number of benzene rings is 2. The quantitative estimate of drug-likeness (QED) is 0.691. The first-order chi connectivity index (χ1) is 13.6. The zero-order valence-electron chi connectivity index (χ0n) is 15.2. The van der Waals surface area contributed by atoms with E-state index in [1.54, 1.807) is 31.2 Å². The summed E-state index contributed by atoms with van der Waals surface area (Å²) in [5.74, 6) is -0.302. The van der Waals surface area contributed by atoms with Crippen LogP contribution in [0.15, 0.2) is 67.0 Å². The molecule has 1 aliphatic heterocycles. The van der Waals surface area contributed by atoms with Crippen LogP contribution in [0.2, 0.25) is 0 Å². The van der Waals surface area contributed by atoms with Gasteiger partial charge >= 0.3 is 6.03 Å². The molecule has 1 aromatic heterocycles. The number of nitrogens with one attached hydrogen (secondary N) is 1. The van der Waals surface area contributed by atoms with E-state index in [1.807, 2.05) is 42.5 Å². The van der Waals surface area contributed by atoms with Crippen molar-refractivity contribution in [3.05, 3.63) is 78.1 Å². The summed E-state index contributed by atoms with van der Waals surface area (Å²) in [6.07, 6.45) is 5.15. The second-order valence-corrected chi connectivity index (χ2v) is 6.59. The third-order valence-corrected chi connectivity index (χ3v) is 4.71. The Labute approximate surface area is 161 Å². The van der Waals surface area contributed by atoms with Crippen LogP contribution in [0, 0.1) is 0 Å². The average molecular weight is 374 g/mol. The SMILES string of the molecule is CC1(c2cccc(-n3cnnn3)c2)NC(=O)N(C/C=C/c2ccccc2)C1=O. The maximum absolute atomic E-state index is 13.0. The van der Waals surface area contributed by atoms with E-state index >= 15 is 0 Å². The van der Waals surface area contributed by atoms with Crippen molar-refractivity contribution in [1.82, 2.24) is 30.4 Å². The molecule has 140 valence electrons. The van der Waals surface area contributed by atoms with Crippen LogP contribution in [0.3, 0.4) is 0 Å². The average Bonchev–Trinajstić information content (AvgIpc) is 3.33. The minimum atomic E-state index is -1.15. The van der Waals surface area contributed by atoms with Crippen LogP contribution in [0.25, 0.3) is 11.8 Å². The first-order valence-electron chi connectivity index (χ1n) is 8.77. The monoisotopic (exact) mass is 374 g/mol. The summed E-state index contributed by atoms with van der Waals surface area (Å²) in [4.78, 5) is 26.7. The molecule has 3 aromatic rings. The first-order valence-corrected chi connectivity index (χ1v) is 8.77. The summed E-state index contributed by atoms with van der Waals surface area (Å²) < 4.78 is 1.49. The summed E-state index contributed by atoms with van der Waals surface area (Å²) in [5, 5.41) is 13.9. The minimum Gasteiger partial charge on any atom is -0.319 e. The molecule has 2 aromatic carbocycles. The molecular formula is C20H18N6O2. The van der Waals surface area contributed by atoms with Crippen molar-refractivity contribution in [3.63, 3.8) is 0 Å². The fourth-order valence-corrected chi connectivity index (χ4v) is 3.16. The number of hydrogen-bond acceptors (Lipinski definition) is 5.